The lowest BCUT2D eigenvalue weighted by atomic mass is 10.1. The van der Waals surface area contributed by atoms with Crippen molar-refractivity contribution in [3.63, 3.8) is 0 Å². The molecule has 1 aromatic carbocycles. The highest BCUT2D eigenvalue weighted by Gasteiger charge is 2.26. The number of nitrogens with zero attached hydrogens (tertiary/aromatic N) is 2. The third kappa shape index (κ3) is 4.30. The third-order valence-corrected chi connectivity index (χ3v) is 5.87. The monoisotopic (exact) mass is 437 g/mol. The molecule has 8 nitrogen and oxygen atoms in total. The lowest BCUT2D eigenvalue weighted by Crippen LogP contribution is -2.25. The molecule has 0 bridgehead atoms. The summed E-state index contributed by atoms with van der Waals surface area (Å²) in [5.74, 6) is -0.517. The van der Waals surface area contributed by atoms with Gasteiger partial charge >= 0.3 is 5.97 Å². The molecule has 0 unspecified atom stereocenters. The first-order chi connectivity index (χ1) is 15.5. The van der Waals surface area contributed by atoms with Crippen molar-refractivity contribution < 1.29 is 18.7 Å². The van der Waals surface area contributed by atoms with E-state index in [1.165, 1.54) is 6.33 Å². The Balaban J connectivity index is 1.56. The predicted octanol–water partition coefficient (Wildman–Crippen LogP) is 4.62. The zero-order valence-corrected chi connectivity index (χ0v) is 18.3. The van der Waals surface area contributed by atoms with Crippen molar-refractivity contribution in [3.8, 4) is 0 Å². The van der Waals surface area contributed by atoms with Crippen LogP contribution in [-0.4, -0.2) is 28.0 Å². The molecule has 1 fully saturated rings. The van der Waals surface area contributed by atoms with Crippen LogP contribution >= 0.6 is 0 Å². The average Bonchev–Trinajstić information content (AvgIpc) is 3.42. The molecule has 0 saturated heterocycles. The van der Waals surface area contributed by atoms with Gasteiger partial charge in [-0.05, 0) is 50.5 Å². The summed E-state index contributed by atoms with van der Waals surface area (Å²) in [7, 11) is 0. The molecule has 3 aromatic rings. The number of fused-ring (bicyclic) bond motifs is 1. The van der Waals surface area contributed by atoms with Gasteiger partial charge in [0.1, 0.15) is 17.5 Å². The topological polar surface area (TPSA) is 103 Å². The highest BCUT2D eigenvalue weighted by Crippen LogP contribution is 2.29. The van der Waals surface area contributed by atoms with Crippen LogP contribution in [0.4, 0.5) is 5.69 Å². The van der Waals surface area contributed by atoms with Crippen LogP contribution in [0.25, 0.3) is 11.1 Å². The molecule has 1 amide bonds. The zero-order valence-electron chi connectivity index (χ0n) is 18.3. The molecule has 0 aliphatic heterocycles. The van der Waals surface area contributed by atoms with E-state index < -0.39 is 11.9 Å². The van der Waals surface area contributed by atoms with Crippen LogP contribution < -0.4 is 10.9 Å². The minimum Gasteiger partial charge on any atom is -0.462 e. The Morgan fingerprint density at radius 3 is 2.62 bits per heavy atom. The minimum atomic E-state index is -0.456. The molecule has 168 valence electrons. The summed E-state index contributed by atoms with van der Waals surface area (Å²) in [6, 6.07) is 6.55. The average molecular weight is 437 g/mol. The Morgan fingerprint density at radius 2 is 1.94 bits per heavy atom. The molecule has 1 saturated carbocycles. The molecular formula is C24H27N3O5. The summed E-state index contributed by atoms with van der Waals surface area (Å²) < 4.78 is 12.4. The molecule has 1 aliphatic carbocycles. The van der Waals surface area contributed by atoms with Crippen LogP contribution in [0.5, 0.6) is 0 Å². The molecule has 1 aliphatic rings. The largest absolute Gasteiger partial charge is 0.462 e. The van der Waals surface area contributed by atoms with Gasteiger partial charge in [-0.1, -0.05) is 26.2 Å². The number of anilines is 1. The molecule has 0 spiro atoms. The van der Waals surface area contributed by atoms with Crippen molar-refractivity contribution in [1.82, 2.24) is 9.55 Å². The Bertz CT molecular complexity index is 1190. The van der Waals surface area contributed by atoms with E-state index in [0.717, 1.165) is 38.5 Å². The van der Waals surface area contributed by atoms with E-state index in [1.807, 2.05) is 6.92 Å². The molecule has 0 radical (unpaired) electrons. The minimum absolute atomic E-state index is 0.107. The summed E-state index contributed by atoms with van der Waals surface area (Å²) >= 11 is 0. The molecule has 2 heterocycles. The van der Waals surface area contributed by atoms with Gasteiger partial charge in [0.05, 0.1) is 17.7 Å². The van der Waals surface area contributed by atoms with Crippen molar-refractivity contribution in [1.29, 1.82) is 0 Å². The van der Waals surface area contributed by atoms with E-state index in [2.05, 4.69) is 10.3 Å². The van der Waals surface area contributed by atoms with Gasteiger partial charge in [0.25, 0.3) is 11.5 Å². The molecule has 1 N–H and O–H groups in total. The van der Waals surface area contributed by atoms with E-state index in [-0.39, 0.29) is 28.3 Å². The van der Waals surface area contributed by atoms with E-state index in [9.17, 15) is 14.4 Å². The second-order valence-corrected chi connectivity index (χ2v) is 8.13. The predicted molar refractivity (Wildman–Crippen MR) is 120 cm³/mol. The molecule has 0 atom stereocenters. The fraction of sp³-hybridized carbons (Fsp3) is 0.417. The van der Waals surface area contributed by atoms with Gasteiger partial charge in [-0.15, -0.1) is 0 Å². The van der Waals surface area contributed by atoms with Gasteiger partial charge in [0.15, 0.2) is 0 Å². The second kappa shape index (κ2) is 9.38. The van der Waals surface area contributed by atoms with Gasteiger partial charge in [-0.2, -0.15) is 0 Å². The number of unbranched alkanes of at least 4 members (excludes halogenated alkanes) is 1. The third-order valence-electron chi connectivity index (χ3n) is 5.87. The maximum Gasteiger partial charge on any atom is 0.338 e. The SMILES string of the molecule is CCCCOC(=O)c1ccc(NC(=O)c2c(C)oc3ncn(C4CCCC4)c(=O)c23)cc1. The van der Waals surface area contributed by atoms with Crippen molar-refractivity contribution in [3.05, 3.63) is 57.8 Å². The first kappa shape index (κ1) is 21.8. The van der Waals surface area contributed by atoms with Gasteiger partial charge in [-0.25, -0.2) is 9.78 Å². The van der Waals surface area contributed by atoms with Gasteiger partial charge < -0.3 is 14.5 Å². The normalized spacial score (nSPS) is 14.1. The van der Waals surface area contributed by atoms with Crippen LogP contribution in [0.2, 0.25) is 0 Å². The number of ether oxygens (including phenoxy) is 1. The van der Waals surface area contributed by atoms with Gasteiger partial charge in [0.2, 0.25) is 5.71 Å². The summed E-state index contributed by atoms with van der Waals surface area (Å²) in [5.41, 5.74) is 1.00. The Labute approximate surface area is 185 Å². The number of aryl methyl sites for hydroxylation is 1. The fourth-order valence-corrected chi connectivity index (χ4v) is 4.11. The number of rotatable bonds is 7. The first-order valence-electron chi connectivity index (χ1n) is 11.1. The number of carbonyl (C=O) groups is 2. The van der Waals surface area contributed by atoms with E-state index in [0.29, 0.717) is 23.6 Å². The second-order valence-electron chi connectivity index (χ2n) is 8.13. The van der Waals surface area contributed by atoms with Crippen LogP contribution in [0.1, 0.15) is 78.0 Å². The maximum atomic E-state index is 13.2. The number of carbonyl (C=O) groups excluding carboxylic acids is 2. The molecule has 2 aromatic heterocycles. The molecule has 4 rings (SSSR count). The summed E-state index contributed by atoms with van der Waals surface area (Å²) in [6.07, 6.45) is 7.29. The van der Waals surface area contributed by atoms with Crippen LogP contribution in [-0.2, 0) is 4.74 Å². The number of hydrogen-bond acceptors (Lipinski definition) is 6. The first-order valence-corrected chi connectivity index (χ1v) is 11.1. The lowest BCUT2D eigenvalue weighted by Gasteiger charge is -2.12. The van der Waals surface area contributed by atoms with Gasteiger partial charge in [-0.3, -0.25) is 14.2 Å². The quantitative estimate of drug-likeness (QED) is 0.427. The fourth-order valence-electron chi connectivity index (χ4n) is 4.11. The molecular weight excluding hydrogens is 410 g/mol. The number of esters is 1. The highest BCUT2D eigenvalue weighted by molar-refractivity contribution is 6.12. The Hall–Kier alpha value is -3.42. The van der Waals surface area contributed by atoms with Gasteiger partial charge in [0, 0.05) is 11.7 Å². The van der Waals surface area contributed by atoms with Crippen molar-refractivity contribution in [2.45, 2.75) is 58.4 Å². The lowest BCUT2D eigenvalue weighted by molar-refractivity contribution is 0.0499. The Morgan fingerprint density at radius 1 is 1.22 bits per heavy atom. The molecule has 32 heavy (non-hydrogen) atoms. The van der Waals surface area contributed by atoms with Crippen molar-refractivity contribution in [2.75, 3.05) is 11.9 Å². The van der Waals surface area contributed by atoms with E-state index >= 15 is 0 Å². The van der Waals surface area contributed by atoms with E-state index in [4.69, 9.17) is 9.15 Å². The van der Waals surface area contributed by atoms with Crippen molar-refractivity contribution in [2.24, 2.45) is 0 Å². The van der Waals surface area contributed by atoms with E-state index in [1.54, 1.807) is 35.8 Å². The zero-order chi connectivity index (χ0) is 22.7. The summed E-state index contributed by atoms with van der Waals surface area (Å²) in [5, 5.41) is 2.98. The molecule has 8 heteroatoms. The number of amides is 1. The number of hydrogen-bond donors (Lipinski definition) is 1. The highest BCUT2D eigenvalue weighted by atomic mass is 16.5. The van der Waals surface area contributed by atoms with Crippen LogP contribution in [0.15, 0.2) is 39.8 Å². The number of benzene rings is 1. The number of aromatic nitrogens is 2. The summed E-state index contributed by atoms with van der Waals surface area (Å²) in [4.78, 5) is 42.5. The number of nitrogens with one attached hydrogen (secondary N) is 1. The van der Waals surface area contributed by atoms with Crippen LogP contribution in [0.3, 0.4) is 0 Å². The Kier molecular flexibility index (Phi) is 6.39. The standard InChI is InChI=1S/C24H27N3O5/c1-3-4-13-31-24(30)16-9-11-17(12-10-16)26-21(28)19-15(2)32-22-20(19)23(29)27(14-25-22)18-7-5-6-8-18/h9-12,14,18H,3-8,13H2,1-2H3,(H,26,28). The number of furan rings is 1. The van der Waals surface area contributed by atoms with Crippen LogP contribution in [0, 0.1) is 6.92 Å². The smallest absolute Gasteiger partial charge is 0.338 e. The summed E-state index contributed by atoms with van der Waals surface area (Å²) in [6.45, 7) is 4.05. The van der Waals surface area contributed by atoms with Crippen molar-refractivity contribution >= 4 is 28.7 Å². The maximum absolute atomic E-state index is 13.2.